The molecule has 0 bridgehead atoms. The normalized spacial score (nSPS) is 11.1. The van der Waals surface area contributed by atoms with E-state index in [1.54, 1.807) is 12.1 Å². The second kappa shape index (κ2) is 7.75. The quantitative estimate of drug-likeness (QED) is 0.653. The molecule has 1 amide bonds. The van der Waals surface area contributed by atoms with Gasteiger partial charge in [-0.25, -0.2) is 5.43 Å². The maximum absolute atomic E-state index is 11.7. The number of hydrogen-bond donors (Lipinski definition) is 1. The lowest BCUT2D eigenvalue weighted by Gasteiger charge is -2.06. The number of hydrazone groups is 1. The van der Waals surface area contributed by atoms with Crippen molar-refractivity contribution in [2.24, 2.45) is 5.10 Å². The number of halogens is 1. The summed E-state index contributed by atoms with van der Waals surface area (Å²) in [6, 6.07) is 15.3. The number of aryl methyl sites for hydroxylation is 1. The van der Waals surface area contributed by atoms with Crippen molar-refractivity contribution < 1.29 is 9.53 Å². The predicted octanol–water partition coefficient (Wildman–Crippen LogP) is 3.68. The number of carbonyl (C=O) groups excluding carboxylic acids is 1. The van der Waals surface area contributed by atoms with Crippen molar-refractivity contribution in [3.8, 4) is 5.75 Å². The fourth-order valence-corrected chi connectivity index (χ4v) is 2.12. The summed E-state index contributed by atoms with van der Waals surface area (Å²) in [7, 11) is 0. The van der Waals surface area contributed by atoms with Crippen LogP contribution in [0.15, 0.2) is 58.1 Å². The van der Waals surface area contributed by atoms with Crippen LogP contribution in [0.4, 0.5) is 0 Å². The Morgan fingerprint density at radius 2 is 1.95 bits per heavy atom. The van der Waals surface area contributed by atoms with Gasteiger partial charge >= 0.3 is 0 Å². The smallest absolute Gasteiger partial charge is 0.277 e. The van der Waals surface area contributed by atoms with E-state index >= 15 is 0 Å². The van der Waals surface area contributed by atoms with Gasteiger partial charge in [-0.1, -0.05) is 51.8 Å². The molecule has 0 fully saturated rings. The highest BCUT2D eigenvalue weighted by molar-refractivity contribution is 9.10. The minimum Gasteiger partial charge on any atom is -0.484 e. The number of nitrogens with one attached hydrogen (secondary N) is 1. The third-order valence-corrected chi connectivity index (χ3v) is 3.48. The maximum Gasteiger partial charge on any atom is 0.277 e. The first-order valence-corrected chi connectivity index (χ1v) is 7.62. The van der Waals surface area contributed by atoms with Crippen LogP contribution in [-0.2, 0) is 4.79 Å². The molecule has 2 aromatic carbocycles. The topological polar surface area (TPSA) is 50.7 Å². The monoisotopic (exact) mass is 360 g/mol. The van der Waals surface area contributed by atoms with Crippen molar-refractivity contribution in [3.63, 3.8) is 0 Å². The van der Waals surface area contributed by atoms with Crippen molar-refractivity contribution >= 4 is 27.5 Å². The number of rotatable bonds is 5. The van der Waals surface area contributed by atoms with Crippen LogP contribution in [0.3, 0.4) is 0 Å². The average Bonchev–Trinajstić information content (AvgIpc) is 2.51. The van der Waals surface area contributed by atoms with Crippen molar-refractivity contribution in [3.05, 3.63) is 64.1 Å². The highest BCUT2D eigenvalue weighted by atomic mass is 79.9. The first kappa shape index (κ1) is 16.2. The second-order valence-corrected chi connectivity index (χ2v) is 5.76. The lowest BCUT2D eigenvalue weighted by atomic mass is 10.1. The number of carbonyl (C=O) groups is 1. The summed E-state index contributed by atoms with van der Waals surface area (Å²) in [5, 5.41) is 4.08. The number of nitrogens with zero attached hydrogens (tertiary/aromatic N) is 1. The molecule has 5 heteroatoms. The third-order valence-electron chi connectivity index (χ3n) is 2.98. The minimum atomic E-state index is -0.300. The summed E-state index contributed by atoms with van der Waals surface area (Å²) in [6.07, 6.45) is 0. The summed E-state index contributed by atoms with van der Waals surface area (Å²) >= 11 is 3.35. The van der Waals surface area contributed by atoms with E-state index in [1.165, 1.54) is 5.56 Å². The summed E-state index contributed by atoms with van der Waals surface area (Å²) < 4.78 is 6.29. The molecule has 0 unspecified atom stereocenters. The largest absolute Gasteiger partial charge is 0.484 e. The summed E-state index contributed by atoms with van der Waals surface area (Å²) in [5.74, 6) is 0.329. The lowest BCUT2D eigenvalue weighted by Crippen LogP contribution is -2.25. The molecule has 1 N–H and O–H groups in total. The van der Waals surface area contributed by atoms with Gasteiger partial charge < -0.3 is 4.74 Å². The first-order chi connectivity index (χ1) is 10.5. The molecule has 0 saturated heterocycles. The highest BCUT2D eigenvalue weighted by Gasteiger charge is 2.03. The van der Waals surface area contributed by atoms with E-state index in [-0.39, 0.29) is 12.5 Å². The molecule has 0 heterocycles. The lowest BCUT2D eigenvalue weighted by molar-refractivity contribution is -0.123. The van der Waals surface area contributed by atoms with Crippen LogP contribution in [0.5, 0.6) is 5.75 Å². The van der Waals surface area contributed by atoms with Crippen molar-refractivity contribution in [1.29, 1.82) is 0 Å². The standard InChI is InChI=1S/C17H17BrN2O2/c1-12-6-8-14(9-7-12)13(2)19-20-17(21)11-22-16-5-3-4-15(18)10-16/h3-10H,11H2,1-2H3,(H,20,21)/b19-13-. The molecule has 0 radical (unpaired) electrons. The van der Waals surface area contributed by atoms with E-state index < -0.39 is 0 Å². The zero-order chi connectivity index (χ0) is 15.9. The van der Waals surface area contributed by atoms with Gasteiger partial charge in [0.1, 0.15) is 5.75 Å². The Bertz CT molecular complexity index is 681. The first-order valence-electron chi connectivity index (χ1n) is 6.83. The number of ether oxygens (including phenoxy) is 1. The summed E-state index contributed by atoms with van der Waals surface area (Å²) in [4.78, 5) is 11.7. The fraction of sp³-hybridized carbons (Fsp3) is 0.176. The fourth-order valence-electron chi connectivity index (χ4n) is 1.74. The van der Waals surface area contributed by atoms with Gasteiger partial charge in [0.05, 0.1) is 5.71 Å². The van der Waals surface area contributed by atoms with E-state index in [9.17, 15) is 4.79 Å². The number of amides is 1. The Hall–Kier alpha value is -2.14. The van der Waals surface area contributed by atoms with Crippen LogP contribution in [-0.4, -0.2) is 18.2 Å². The van der Waals surface area contributed by atoms with Gasteiger partial charge in [0, 0.05) is 4.47 Å². The van der Waals surface area contributed by atoms with Gasteiger partial charge in [-0.05, 0) is 37.6 Å². The van der Waals surface area contributed by atoms with Crippen LogP contribution in [0.1, 0.15) is 18.1 Å². The minimum absolute atomic E-state index is 0.0822. The van der Waals surface area contributed by atoms with Crippen LogP contribution in [0.2, 0.25) is 0 Å². The van der Waals surface area contributed by atoms with E-state index in [4.69, 9.17) is 4.74 Å². The Morgan fingerprint density at radius 3 is 2.64 bits per heavy atom. The third kappa shape index (κ3) is 5.00. The number of benzene rings is 2. The van der Waals surface area contributed by atoms with E-state index in [0.29, 0.717) is 5.75 Å². The maximum atomic E-state index is 11.7. The van der Waals surface area contributed by atoms with Crippen LogP contribution < -0.4 is 10.2 Å². The Labute approximate surface area is 138 Å². The summed E-state index contributed by atoms with van der Waals surface area (Å²) in [6.45, 7) is 3.79. The van der Waals surface area contributed by atoms with Gasteiger partial charge in [-0.15, -0.1) is 0 Å². The van der Waals surface area contributed by atoms with E-state index in [1.807, 2.05) is 50.2 Å². The molecule has 0 aliphatic rings. The molecule has 22 heavy (non-hydrogen) atoms. The zero-order valence-corrected chi connectivity index (χ0v) is 14.1. The predicted molar refractivity (Wildman–Crippen MR) is 91.2 cm³/mol. The molecule has 0 aliphatic carbocycles. The van der Waals surface area contributed by atoms with E-state index in [0.717, 1.165) is 15.7 Å². The summed E-state index contributed by atoms with van der Waals surface area (Å²) in [5.41, 5.74) is 5.39. The molecule has 0 aliphatic heterocycles. The van der Waals surface area contributed by atoms with Gasteiger partial charge in [0.25, 0.3) is 5.91 Å². The van der Waals surface area contributed by atoms with Crippen molar-refractivity contribution in [2.75, 3.05) is 6.61 Å². The molecule has 2 aromatic rings. The number of hydrogen-bond acceptors (Lipinski definition) is 3. The molecule has 0 saturated carbocycles. The van der Waals surface area contributed by atoms with Crippen molar-refractivity contribution in [2.45, 2.75) is 13.8 Å². The Morgan fingerprint density at radius 1 is 1.23 bits per heavy atom. The molecular weight excluding hydrogens is 344 g/mol. The zero-order valence-electron chi connectivity index (χ0n) is 12.5. The average molecular weight is 361 g/mol. The van der Waals surface area contributed by atoms with Crippen LogP contribution in [0.25, 0.3) is 0 Å². The molecule has 0 spiro atoms. The highest BCUT2D eigenvalue weighted by Crippen LogP contribution is 2.17. The molecule has 2 rings (SSSR count). The molecular formula is C17H17BrN2O2. The van der Waals surface area contributed by atoms with Crippen LogP contribution in [0, 0.1) is 6.92 Å². The van der Waals surface area contributed by atoms with Gasteiger partial charge in [0.15, 0.2) is 6.61 Å². The SMILES string of the molecule is C/C(=N/NC(=O)COc1cccc(Br)c1)c1ccc(C)cc1. The van der Waals surface area contributed by atoms with Gasteiger partial charge in [0.2, 0.25) is 0 Å². The van der Waals surface area contributed by atoms with Gasteiger partial charge in [-0.2, -0.15) is 5.10 Å². The second-order valence-electron chi connectivity index (χ2n) is 4.84. The Balaban J connectivity index is 1.86. The van der Waals surface area contributed by atoms with E-state index in [2.05, 4.69) is 26.5 Å². The molecule has 4 nitrogen and oxygen atoms in total. The van der Waals surface area contributed by atoms with Crippen molar-refractivity contribution in [1.82, 2.24) is 5.43 Å². The van der Waals surface area contributed by atoms with Gasteiger partial charge in [-0.3, -0.25) is 4.79 Å². The van der Waals surface area contributed by atoms with Crippen LogP contribution >= 0.6 is 15.9 Å². The molecule has 114 valence electrons. The molecule has 0 aromatic heterocycles. The Kier molecular flexibility index (Phi) is 5.72. The molecule has 0 atom stereocenters.